The molecule has 1 aliphatic carbocycles. The molecular weight excluding hydrogens is 525 g/mol. The summed E-state index contributed by atoms with van der Waals surface area (Å²) >= 11 is 0. The number of carbonyl (C=O) groups excluding carboxylic acids is 1. The van der Waals surface area contributed by atoms with Gasteiger partial charge < -0.3 is 14.4 Å². The van der Waals surface area contributed by atoms with E-state index in [-0.39, 0.29) is 13.0 Å². The van der Waals surface area contributed by atoms with Crippen molar-refractivity contribution >= 4 is 17.7 Å². The van der Waals surface area contributed by atoms with E-state index < -0.39 is 29.2 Å². The van der Waals surface area contributed by atoms with Crippen molar-refractivity contribution in [3.63, 3.8) is 0 Å². The first-order valence-electron chi connectivity index (χ1n) is 12.6. The molecule has 4 aromatic rings. The van der Waals surface area contributed by atoms with Crippen LogP contribution < -0.4 is 5.32 Å². The maximum Gasteiger partial charge on any atom is 0.416 e. The highest BCUT2D eigenvalue weighted by atomic mass is 19.4. The highest BCUT2D eigenvalue weighted by Crippen LogP contribution is 2.48. The molecule has 1 aromatic heterocycles. The third-order valence-electron chi connectivity index (χ3n) is 7.08. The zero-order chi connectivity index (χ0) is 28.5. The first-order valence-corrected chi connectivity index (χ1v) is 12.6. The third kappa shape index (κ3) is 5.56. The number of benzene rings is 3. The molecule has 1 fully saturated rings. The summed E-state index contributed by atoms with van der Waals surface area (Å²) in [5.74, 6) is -0.415. The van der Waals surface area contributed by atoms with Crippen molar-refractivity contribution in [3.8, 4) is 22.4 Å². The Morgan fingerprint density at radius 3 is 2.08 bits per heavy atom. The van der Waals surface area contributed by atoms with Crippen LogP contribution in [0.1, 0.15) is 35.3 Å². The normalized spacial score (nSPS) is 14.0. The van der Waals surface area contributed by atoms with Gasteiger partial charge in [-0.25, -0.2) is 4.79 Å². The van der Waals surface area contributed by atoms with Crippen LogP contribution >= 0.6 is 0 Å². The van der Waals surface area contributed by atoms with Crippen molar-refractivity contribution in [2.75, 3.05) is 11.9 Å². The van der Waals surface area contributed by atoms with Gasteiger partial charge in [0.05, 0.1) is 17.6 Å². The van der Waals surface area contributed by atoms with Crippen LogP contribution in [0.2, 0.25) is 0 Å². The summed E-state index contributed by atoms with van der Waals surface area (Å²) in [6.45, 7) is 1.62. The number of carboxylic acids is 1. The zero-order valence-electron chi connectivity index (χ0n) is 21.4. The number of aliphatic carboxylic acids is 1. The van der Waals surface area contributed by atoms with Crippen molar-refractivity contribution in [1.29, 1.82) is 0 Å². The van der Waals surface area contributed by atoms with Gasteiger partial charge >= 0.3 is 18.2 Å². The number of anilines is 1. The zero-order valence-corrected chi connectivity index (χ0v) is 21.4. The average molecular weight is 551 g/mol. The quantitative estimate of drug-likeness (QED) is 0.240. The summed E-state index contributed by atoms with van der Waals surface area (Å²) in [6, 6.07) is 19.7. The van der Waals surface area contributed by atoms with Crippen molar-refractivity contribution in [2.45, 2.75) is 37.8 Å². The minimum absolute atomic E-state index is 0.0298. The van der Waals surface area contributed by atoms with Crippen LogP contribution in [0.25, 0.3) is 22.4 Å². The van der Waals surface area contributed by atoms with E-state index in [4.69, 9.17) is 9.26 Å². The standard InChI is InChI=1S/C30H25F3N2O5/c1-18-25(34-28(38)39-17-14-19-2-10-24(11-3-19)30(31,32)33)26(35-40-18)22-6-4-20(5-7-22)21-8-12-23(13-9-21)29(15-16-29)27(36)37/h2-13H,14-17H2,1H3,(H,34,38)(H,36,37). The number of amides is 1. The summed E-state index contributed by atoms with van der Waals surface area (Å²) < 4.78 is 48.6. The summed E-state index contributed by atoms with van der Waals surface area (Å²) in [7, 11) is 0. The lowest BCUT2D eigenvalue weighted by Gasteiger charge is -2.11. The Labute approximate surface area is 227 Å². The Hall–Kier alpha value is -4.60. The van der Waals surface area contributed by atoms with Gasteiger partial charge in [-0.05, 0) is 54.2 Å². The number of nitrogens with zero attached hydrogens (tertiary/aromatic N) is 1. The number of alkyl halides is 3. The lowest BCUT2D eigenvalue weighted by molar-refractivity contribution is -0.140. The second-order valence-electron chi connectivity index (χ2n) is 9.71. The van der Waals surface area contributed by atoms with E-state index >= 15 is 0 Å². The van der Waals surface area contributed by atoms with Crippen molar-refractivity contribution in [2.24, 2.45) is 0 Å². The minimum Gasteiger partial charge on any atom is -0.481 e. The number of aryl methyl sites for hydroxylation is 1. The van der Waals surface area contributed by atoms with Crippen LogP contribution in [-0.4, -0.2) is 28.9 Å². The molecule has 1 saturated carbocycles. The summed E-state index contributed by atoms with van der Waals surface area (Å²) in [4.78, 5) is 24.0. The van der Waals surface area contributed by atoms with Gasteiger partial charge in [0.25, 0.3) is 0 Å². The molecule has 40 heavy (non-hydrogen) atoms. The average Bonchev–Trinajstić information content (AvgIpc) is 3.68. The summed E-state index contributed by atoms with van der Waals surface area (Å²) in [6.07, 6.45) is -3.60. The number of aromatic nitrogens is 1. The van der Waals surface area contributed by atoms with Crippen LogP contribution in [0.4, 0.5) is 23.7 Å². The van der Waals surface area contributed by atoms with Crippen LogP contribution in [0.5, 0.6) is 0 Å². The fourth-order valence-electron chi connectivity index (χ4n) is 4.53. The molecule has 1 aliphatic rings. The number of hydrogen-bond donors (Lipinski definition) is 2. The lowest BCUT2D eigenvalue weighted by Crippen LogP contribution is -2.19. The van der Waals surface area contributed by atoms with Crippen LogP contribution in [0.15, 0.2) is 77.3 Å². The summed E-state index contributed by atoms with van der Waals surface area (Å²) in [5.41, 5.74) is 3.23. The van der Waals surface area contributed by atoms with Gasteiger partial charge in [0.1, 0.15) is 11.4 Å². The smallest absolute Gasteiger partial charge is 0.416 e. The molecule has 5 rings (SSSR count). The molecule has 0 unspecified atom stereocenters. The Morgan fingerprint density at radius 2 is 1.52 bits per heavy atom. The fraction of sp³-hybridized carbons (Fsp3) is 0.233. The molecule has 0 atom stereocenters. The molecule has 1 amide bonds. The van der Waals surface area contributed by atoms with E-state index in [9.17, 15) is 27.9 Å². The van der Waals surface area contributed by atoms with E-state index in [0.29, 0.717) is 41.1 Å². The van der Waals surface area contributed by atoms with Gasteiger partial charge in [0.2, 0.25) is 0 Å². The molecule has 7 nitrogen and oxygen atoms in total. The van der Waals surface area contributed by atoms with Gasteiger partial charge in [-0.3, -0.25) is 10.1 Å². The third-order valence-corrected chi connectivity index (χ3v) is 7.08. The molecule has 0 aliphatic heterocycles. The van der Waals surface area contributed by atoms with Gasteiger partial charge in [0.15, 0.2) is 5.76 Å². The van der Waals surface area contributed by atoms with E-state index in [0.717, 1.165) is 28.8 Å². The number of hydrogen-bond acceptors (Lipinski definition) is 5. The first-order chi connectivity index (χ1) is 19.1. The molecular formula is C30H25F3N2O5. The van der Waals surface area contributed by atoms with Crippen molar-refractivity contribution in [3.05, 3.63) is 95.2 Å². The largest absolute Gasteiger partial charge is 0.481 e. The van der Waals surface area contributed by atoms with Crippen LogP contribution in [0, 0.1) is 6.92 Å². The summed E-state index contributed by atoms with van der Waals surface area (Å²) in [5, 5.41) is 16.2. The second kappa shape index (κ2) is 10.5. The molecule has 0 saturated heterocycles. The molecule has 0 spiro atoms. The minimum atomic E-state index is -4.40. The topological polar surface area (TPSA) is 102 Å². The van der Waals surface area contributed by atoms with Crippen LogP contribution in [-0.2, 0) is 27.5 Å². The maximum absolute atomic E-state index is 12.7. The number of halogens is 3. The highest BCUT2D eigenvalue weighted by molar-refractivity contribution is 5.91. The molecule has 10 heteroatoms. The fourth-order valence-corrected chi connectivity index (χ4v) is 4.53. The SMILES string of the molecule is Cc1onc(-c2ccc(-c3ccc(C4(C(=O)O)CC4)cc3)cc2)c1NC(=O)OCCc1ccc(C(F)(F)F)cc1. The van der Waals surface area contributed by atoms with Gasteiger partial charge in [-0.15, -0.1) is 0 Å². The molecule has 206 valence electrons. The van der Waals surface area contributed by atoms with Crippen molar-refractivity contribution < 1.29 is 37.1 Å². The Balaban J connectivity index is 1.21. The number of rotatable bonds is 8. The molecule has 0 bridgehead atoms. The first kappa shape index (κ1) is 27.0. The van der Waals surface area contributed by atoms with Crippen LogP contribution in [0.3, 0.4) is 0 Å². The lowest BCUT2D eigenvalue weighted by atomic mass is 9.93. The molecule has 1 heterocycles. The van der Waals surface area contributed by atoms with E-state index in [2.05, 4.69) is 10.5 Å². The second-order valence-corrected chi connectivity index (χ2v) is 9.71. The number of carboxylic acid groups (broad SMARTS) is 1. The van der Waals surface area contributed by atoms with Gasteiger partial charge in [-0.2, -0.15) is 13.2 Å². The predicted molar refractivity (Wildman–Crippen MR) is 141 cm³/mol. The van der Waals surface area contributed by atoms with E-state index in [1.807, 2.05) is 48.5 Å². The Morgan fingerprint density at radius 1 is 0.950 bits per heavy atom. The Bertz CT molecular complexity index is 1520. The van der Waals surface area contributed by atoms with Crippen molar-refractivity contribution in [1.82, 2.24) is 5.16 Å². The highest BCUT2D eigenvalue weighted by Gasteiger charge is 2.51. The number of carbonyl (C=O) groups is 2. The van der Waals surface area contributed by atoms with Gasteiger partial charge in [0, 0.05) is 12.0 Å². The molecule has 3 aromatic carbocycles. The number of nitrogens with one attached hydrogen (secondary N) is 1. The Kier molecular flexibility index (Phi) is 7.10. The number of ether oxygens (including phenoxy) is 1. The molecule has 0 radical (unpaired) electrons. The maximum atomic E-state index is 12.7. The van der Waals surface area contributed by atoms with E-state index in [1.165, 1.54) is 12.1 Å². The monoisotopic (exact) mass is 550 g/mol. The predicted octanol–water partition coefficient (Wildman–Crippen LogP) is 7.24. The van der Waals surface area contributed by atoms with E-state index in [1.54, 1.807) is 6.92 Å². The van der Waals surface area contributed by atoms with Gasteiger partial charge in [-0.1, -0.05) is 65.8 Å². The molecule has 2 N–H and O–H groups in total.